The molecule has 4 bridgehead atoms. The van der Waals surface area contributed by atoms with E-state index >= 15 is 0 Å². The summed E-state index contributed by atoms with van der Waals surface area (Å²) in [5, 5.41) is 9.19. The van der Waals surface area contributed by atoms with E-state index in [9.17, 15) is 5.26 Å². The molecule has 4 fully saturated rings. The third kappa shape index (κ3) is 4.98. The molecule has 0 spiro atoms. The first kappa shape index (κ1) is 28.7. The van der Waals surface area contributed by atoms with Gasteiger partial charge in [0.05, 0.1) is 11.6 Å². The van der Waals surface area contributed by atoms with Crippen molar-refractivity contribution in [1.29, 1.82) is 5.26 Å². The van der Waals surface area contributed by atoms with Gasteiger partial charge in [-0.1, -0.05) is 72.8 Å². The summed E-state index contributed by atoms with van der Waals surface area (Å²) in [4.78, 5) is 23.5. The normalized spacial score (nSPS) is 23.9. The maximum absolute atomic E-state index is 9.19. The molecule has 10 rings (SSSR count). The van der Waals surface area contributed by atoms with Gasteiger partial charge in [-0.15, -0.1) is 0 Å². The minimum absolute atomic E-state index is 0.186. The van der Waals surface area contributed by atoms with Crippen LogP contribution in [0.3, 0.4) is 0 Å². The molecule has 2 atom stereocenters. The van der Waals surface area contributed by atoms with Crippen molar-refractivity contribution in [1.82, 2.24) is 24.9 Å². The highest BCUT2D eigenvalue weighted by atomic mass is 15.1. The molecule has 6 nitrogen and oxygen atoms in total. The van der Waals surface area contributed by atoms with E-state index in [0.29, 0.717) is 34.4 Å². The topological polar surface area (TPSA) is 88.2 Å². The molecule has 232 valence electrons. The van der Waals surface area contributed by atoms with Crippen molar-refractivity contribution >= 4 is 0 Å². The summed E-state index contributed by atoms with van der Waals surface area (Å²) in [5.74, 6) is 3.23. The summed E-state index contributed by atoms with van der Waals surface area (Å²) in [5.41, 5.74) is 8.77. The molecule has 0 radical (unpaired) electrons. The van der Waals surface area contributed by atoms with Crippen LogP contribution in [0.1, 0.15) is 55.2 Å². The number of pyridine rings is 2. The molecular formula is C42H34N6. The molecule has 0 saturated heterocycles. The average Bonchev–Trinajstić information content (AvgIpc) is 3.15. The summed E-state index contributed by atoms with van der Waals surface area (Å²) in [7, 11) is 0. The van der Waals surface area contributed by atoms with E-state index in [0.717, 1.165) is 23.0 Å². The van der Waals surface area contributed by atoms with Crippen LogP contribution in [0.25, 0.3) is 45.6 Å². The van der Waals surface area contributed by atoms with Gasteiger partial charge in [0.2, 0.25) is 0 Å². The van der Waals surface area contributed by atoms with E-state index in [2.05, 4.69) is 64.6 Å². The number of aromatic nitrogens is 5. The standard InChI is InChI=1S/C42H34N6/c43-26-28-7-9-31(10-8-28)32-11-15-34(16-12-32)41-22-29-21-30(23-41)25-42(24-29,27-41)35-17-13-33(14-18-35)38-46-39(36-5-1-3-19-44-36)48-40(47-38)37-6-2-4-20-45-37/h1-20,29-30H,21-25,27H2. The Labute approximate surface area is 280 Å². The van der Waals surface area contributed by atoms with E-state index in [1.54, 1.807) is 12.4 Å². The molecule has 6 heteroatoms. The van der Waals surface area contributed by atoms with E-state index < -0.39 is 0 Å². The zero-order valence-electron chi connectivity index (χ0n) is 26.6. The van der Waals surface area contributed by atoms with Gasteiger partial charge in [-0.05, 0) is 120 Å². The minimum Gasteiger partial charge on any atom is -0.253 e. The number of nitriles is 1. The van der Waals surface area contributed by atoms with Crippen molar-refractivity contribution in [2.24, 2.45) is 11.8 Å². The molecule has 4 aliphatic carbocycles. The third-order valence-corrected chi connectivity index (χ3v) is 11.1. The molecule has 4 aliphatic rings. The first-order chi connectivity index (χ1) is 23.6. The second kappa shape index (κ2) is 11.3. The molecule has 3 aromatic carbocycles. The van der Waals surface area contributed by atoms with Gasteiger partial charge in [0.1, 0.15) is 11.4 Å². The number of hydrogen-bond donors (Lipinski definition) is 0. The molecule has 0 amide bonds. The summed E-state index contributed by atoms with van der Waals surface area (Å²) in [6.45, 7) is 0. The van der Waals surface area contributed by atoms with Gasteiger partial charge < -0.3 is 0 Å². The Kier molecular flexibility index (Phi) is 6.76. The Hall–Kier alpha value is -5.54. The zero-order valence-corrected chi connectivity index (χ0v) is 26.6. The Bertz CT molecular complexity index is 2060. The largest absolute Gasteiger partial charge is 0.253 e. The first-order valence-corrected chi connectivity index (χ1v) is 16.9. The van der Waals surface area contributed by atoms with Crippen LogP contribution in [0.4, 0.5) is 0 Å². The predicted molar refractivity (Wildman–Crippen MR) is 186 cm³/mol. The molecule has 4 saturated carbocycles. The van der Waals surface area contributed by atoms with Gasteiger partial charge in [-0.2, -0.15) is 5.26 Å². The van der Waals surface area contributed by atoms with Crippen LogP contribution < -0.4 is 0 Å². The monoisotopic (exact) mass is 622 g/mol. The number of benzene rings is 3. The first-order valence-electron chi connectivity index (χ1n) is 16.9. The SMILES string of the molecule is N#Cc1ccc(-c2ccc(C34CC5CC(C3)CC(c3ccc(-c6nc(-c7ccccn7)nc(-c7ccccn7)n6)cc3)(C5)C4)cc2)cc1. The molecular weight excluding hydrogens is 589 g/mol. The number of rotatable bonds is 6. The highest BCUT2D eigenvalue weighted by Gasteiger charge is 2.58. The van der Waals surface area contributed by atoms with Crippen LogP contribution in [-0.2, 0) is 10.8 Å². The smallest absolute Gasteiger partial charge is 0.182 e. The summed E-state index contributed by atoms with van der Waals surface area (Å²) >= 11 is 0. The third-order valence-electron chi connectivity index (χ3n) is 11.1. The maximum atomic E-state index is 9.19. The van der Waals surface area contributed by atoms with Crippen molar-refractivity contribution < 1.29 is 0 Å². The lowest BCUT2D eigenvalue weighted by Crippen LogP contribution is -2.55. The second-order valence-corrected chi connectivity index (χ2v) is 14.1. The molecule has 0 aliphatic heterocycles. The second-order valence-electron chi connectivity index (χ2n) is 14.1. The van der Waals surface area contributed by atoms with Crippen molar-refractivity contribution in [2.45, 2.75) is 49.4 Å². The Morgan fingerprint density at radius 2 is 0.979 bits per heavy atom. The molecule has 0 N–H and O–H groups in total. The van der Waals surface area contributed by atoms with E-state index in [1.807, 2.05) is 60.7 Å². The lowest BCUT2D eigenvalue weighted by atomic mass is 9.41. The fourth-order valence-electron chi connectivity index (χ4n) is 9.39. The van der Waals surface area contributed by atoms with E-state index in [1.165, 1.54) is 55.2 Å². The molecule has 3 heterocycles. The molecule has 2 unspecified atom stereocenters. The molecule has 48 heavy (non-hydrogen) atoms. The van der Waals surface area contributed by atoms with Crippen molar-refractivity contribution in [3.8, 4) is 51.6 Å². The van der Waals surface area contributed by atoms with Crippen LogP contribution in [0.15, 0.2) is 122 Å². The number of hydrogen-bond acceptors (Lipinski definition) is 6. The van der Waals surface area contributed by atoms with Crippen molar-refractivity contribution in [3.63, 3.8) is 0 Å². The number of nitrogens with zero attached hydrogens (tertiary/aromatic N) is 6. The lowest BCUT2D eigenvalue weighted by Gasteiger charge is -2.63. The van der Waals surface area contributed by atoms with Crippen LogP contribution in [-0.4, -0.2) is 24.9 Å². The maximum Gasteiger partial charge on any atom is 0.182 e. The Morgan fingerprint density at radius 1 is 0.521 bits per heavy atom. The van der Waals surface area contributed by atoms with Crippen molar-refractivity contribution in [3.05, 3.63) is 138 Å². The van der Waals surface area contributed by atoms with E-state index in [4.69, 9.17) is 15.0 Å². The van der Waals surface area contributed by atoms with Gasteiger partial charge in [0.15, 0.2) is 17.5 Å². The van der Waals surface area contributed by atoms with Gasteiger partial charge >= 0.3 is 0 Å². The quantitative estimate of drug-likeness (QED) is 0.184. The minimum atomic E-state index is 0.186. The fourth-order valence-corrected chi connectivity index (χ4v) is 9.39. The Morgan fingerprint density at radius 3 is 1.44 bits per heavy atom. The highest BCUT2D eigenvalue weighted by molar-refractivity contribution is 5.66. The summed E-state index contributed by atoms with van der Waals surface area (Å²) in [6, 6.07) is 40.1. The summed E-state index contributed by atoms with van der Waals surface area (Å²) in [6.07, 6.45) is 11.2. The van der Waals surface area contributed by atoms with Gasteiger partial charge in [0.25, 0.3) is 0 Å². The lowest BCUT2D eigenvalue weighted by molar-refractivity contribution is -0.0281. The van der Waals surface area contributed by atoms with Gasteiger partial charge in [-0.3, -0.25) is 9.97 Å². The van der Waals surface area contributed by atoms with Crippen molar-refractivity contribution in [2.75, 3.05) is 0 Å². The van der Waals surface area contributed by atoms with E-state index in [-0.39, 0.29) is 10.8 Å². The van der Waals surface area contributed by atoms with Crippen LogP contribution in [0.2, 0.25) is 0 Å². The van der Waals surface area contributed by atoms with Crippen LogP contribution in [0.5, 0.6) is 0 Å². The predicted octanol–water partition coefficient (Wildman–Crippen LogP) is 8.99. The average molecular weight is 623 g/mol. The molecule has 6 aromatic rings. The fraction of sp³-hybridized carbons (Fsp3) is 0.238. The van der Waals surface area contributed by atoms with Gasteiger partial charge in [0, 0.05) is 18.0 Å². The Balaban J connectivity index is 1.04. The van der Waals surface area contributed by atoms with Gasteiger partial charge in [-0.25, -0.2) is 15.0 Å². The van der Waals surface area contributed by atoms with Crippen LogP contribution in [0, 0.1) is 23.2 Å². The van der Waals surface area contributed by atoms with Crippen LogP contribution >= 0.6 is 0 Å². The molecule has 3 aromatic heterocycles. The summed E-state index contributed by atoms with van der Waals surface area (Å²) < 4.78 is 0. The zero-order chi connectivity index (χ0) is 32.1. The highest BCUT2D eigenvalue weighted by Crippen LogP contribution is 2.66.